The Kier molecular flexibility index (Phi) is 5.68. The van der Waals surface area contributed by atoms with Crippen LogP contribution in [0.5, 0.6) is 5.75 Å². The highest BCUT2D eigenvalue weighted by Gasteiger charge is 2.21. The lowest BCUT2D eigenvalue weighted by Crippen LogP contribution is -2.29. The monoisotopic (exact) mass is 371 g/mol. The molecule has 6 nitrogen and oxygen atoms in total. The maximum absolute atomic E-state index is 12.6. The van der Waals surface area contributed by atoms with E-state index in [9.17, 15) is 4.79 Å². The van der Waals surface area contributed by atoms with Gasteiger partial charge in [-0.1, -0.05) is 31.1 Å². The normalized spacial score (nSPS) is 12.2. The summed E-state index contributed by atoms with van der Waals surface area (Å²) in [6, 6.07) is 8.91. The first-order chi connectivity index (χ1) is 12.6. The zero-order valence-corrected chi connectivity index (χ0v) is 15.7. The number of carbonyl (C=O) groups excluding carboxylic acids is 1. The van der Waals surface area contributed by atoms with Gasteiger partial charge in [-0.15, -0.1) is 11.3 Å². The average molecular weight is 371 g/mol. The molecule has 0 aliphatic carbocycles. The second-order valence-electron chi connectivity index (χ2n) is 6.33. The standard InChI is InChI=1S/C19H21N3O3S/c1-12(2)9-16(19-20-7-8-26-19)21-18(23)15-11-17(25-22-15)13-5-4-6-14(10-13)24-3/h4-8,10-12,16H,9H2,1-3H3,(H,21,23). The van der Waals surface area contributed by atoms with Crippen molar-refractivity contribution in [1.82, 2.24) is 15.5 Å². The predicted molar refractivity (Wildman–Crippen MR) is 100 cm³/mol. The number of ether oxygens (including phenoxy) is 1. The van der Waals surface area contributed by atoms with Gasteiger partial charge in [0, 0.05) is 23.2 Å². The molecule has 0 aliphatic heterocycles. The van der Waals surface area contributed by atoms with E-state index in [1.54, 1.807) is 19.4 Å². The molecule has 3 aromatic rings. The van der Waals surface area contributed by atoms with Crippen molar-refractivity contribution in [1.29, 1.82) is 0 Å². The number of benzene rings is 1. The first-order valence-electron chi connectivity index (χ1n) is 8.38. The van der Waals surface area contributed by atoms with Gasteiger partial charge in [0.1, 0.15) is 10.8 Å². The van der Waals surface area contributed by atoms with Crippen LogP contribution in [0, 0.1) is 5.92 Å². The molecule has 1 N–H and O–H groups in total. The summed E-state index contributed by atoms with van der Waals surface area (Å²) in [4.78, 5) is 17.0. The summed E-state index contributed by atoms with van der Waals surface area (Å²) in [6.45, 7) is 4.23. The van der Waals surface area contributed by atoms with E-state index < -0.39 is 0 Å². The molecular formula is C19H21N3O3S. The Balaban J connectivity index is 1.76. The Bertz CT molecular complexity index is 859. The van der Waals surface area contributed by atoms with Crippen LogP contribution in [-0.4, -0.2) is 23.2 Å². The highest BCUT2D eigenvalue weighted by Crippen LogP contribution is 2.26. The van der Waals surface area contributed by atoms with Crippen molar-refractivity contribution in [3.63, 3.8) is 0 Å². The summed E-state index contributed by atoms with van der Waals surface area (Å²) in [7, 11) is 1.60. The molecule has 7 heteroatoms. The summed E-state index contributed by atoms with van der Waals surface area (Å²) in [6.07, 6.45) is 2.55. The lowest BCUT2D eigenvalue weighted by molar-refractivity contribution is 0.0923. The summed E-state index contributed by atoms with van der Waals surface area (Å²) in [5, 5.41) is 9.73. The molecule has 1 aromatic carbocycles. The van der Waals surface area contributed by atoms with Crippen LogP contribution in [0.15, 0.2) is 46.4 Å². The van der Waals surface area contributed by atoms with E-state index in [2.05, 4.69) is 29.3 Å². The van der Waals surface area contributed by atoms with Crippen LogP contribution in [0.3, 0.4) is 0 Å². The largest absolute Gasteiger partial charge is 0.497 e. The van der Waals surface area contributed by atoms with E-state index >= 15 is 0 Å². The minimum absolute atomic E-state index is 0.139. The Hall–Kier alpha value is -2.67. The first kappa shape index (κ1) is 18.1. The third-order valence-electron chi connectivity index (χ3n) is 3.86. The fraction of sp³-hybridized carbons (Fsp3) is 0.316. The molecular weight excluding hydrogens is 350 g/mol. The van der Waals surface area contributed by atoms with Gasteiger partial charge in [-0.05, 0) is 24.5 Å². The molecule has 2 aromatic heterocycles. The van der Waals surface area contributed by atoms with E-state index in [0.717, 1.165) is 17.0 Å². The van der Waals surface area contributed by atoms with Gasteiger partial charge in [0.2, 0.25) is 0 Å². The van der Waals surface area contributed by atoms with E-state index in [1.165, 1.54) is 11.3 Å². The van der Waals surface area contributed by atoms with Crippen LogP contribution in [0.2, 0.25) is 0 Å². The zero-order valence-electron chi connectivity index (χ0n) is 14.9. The summed E-state index contributed by atoms with van der Waals surface area (Å²) in [5.74, 6) is 1.38. The Morgan fingerprint density at radius 3 is 2.88 bits per heavy atom. The molecule has 0 saturated carbocycles. The Labute approximate surface area is 156 Å². The quantitative estimate of drug-likeness (QED) is 0.669. The van der Waals surface area contributed by atoms with E-state index in [0.29, 0.717) is 17.4 Å². The third kappa shape index (κ3) is 4.29. The van der Waals surface area contributed by atoms with Crippen LogP contribution < -0.4 is 10.1 Å². The zero-order chi connectivity index (χ0) is 18.5. The van der Waals surface area contributed by atoms with Crippen molar-refractivity contribution in [3.8, 4) is 17.1 Å². The van der Waals surface area contributed by atoms with Gasteiger partial charge in [-0.3, -0.25) is 4.79 Å². The van der Waals surface area contributed by atoms with Gasteiger partial charge in [0.05, 0.1) is 13.2 Å². The number of methoxy groups -OCH3 is 1. The number of hydrogen-bond acceptors (Lipinski definition) is 6. The van der Waals surface area contributed by atoms with Gasteiger partial charge < -0.3 is 14.6 Å². The highest BCUT2D eigenvalue weighted by atomic mass is 32.1. The molecule has 0 spiro atoms. The molecule has 2 heterocycles. The SMILES string of the molecule is COc1cccc(-c2cc(C(=O)NC(CC(C)C)c3nccs3)no2)c1. The molecule has 136 valence electrons. The number of hydrogen-bond donors (Lipinski definition) is 1. The Morgan fingerprint density at radius 2 is 2.19 bits per heavy atom. The van der Waals surface area contributed by atoms with Crippen molar-refractivity contribution < 1.29 is 14.1 Å². The molecule has 0 aliphatic rings. The topological polar surface area (TPSA) is 77.2 Å². The number of thiazole rings is 1. The van der Waals surface area contributed by atoms with E-state index in [4.69, 9.17) is 9.26 Å². The third-order valence-corrected chi connectivity index (χ3v) is 4.75. The number of amides is 1. The second-order valence-corrected chi connectivity index (χ2v) is 7.26. The molecule has 0 fully saturated rings. The lowest BCUT2D eigenvalue weighted by atomic mass is 10.0. The fourth-order valence-electron chi connectivity index (χ4n) is 2.63. The van der Waals surface area contributed by atoms with E-state index in [-0.39, 0.29) is 17.6 Å². The number of nitrogens with zero attached hydrogens (tertiary/aromatic N) is 2. The van der Waals surface area contributed by atoms with Crippen molar-refractivity contribution in [2.24, 2.45) is 5.92 Å². The molecule has 1 unspecified atom stereocenters. The smallest absolute Gasteiger partial charge is 0.274 e. The average Bonchev–Trinajstić information content (AvgIpc) is 3.32. The van der Waals surface area contributed by atoms with Crippen LogP contribution in [0.25, 0.3) is 11.3 Å². The molecule has 0 bridgehead atoms. The molecule has 26 heavy (non-hydrogen) atoms. The van der Waals surface area contributed by atoms with Crippen LogP contribution in [-0.2, 0) is 0 Å². The van der Waals surface area contributed by atoms with Crippen LogP contribution in [0.4, 0.5) is 0 Å². The van der Waals surface area contributed by atoms with Gasteiger partial charge in [-0.25, -0.2) is 4.98 Å². The molecule has 1 amide bonds. The van der Waals surface area contributed by atoms with Crippen LogP contribution in [0.1, 0.15) is 41.8 Å². The fourth-order valence-corrected chi connectivity index (χ4v) is 3.33. The van der Waals surface area contributed by atoms with Crippen molar-refractivity contribution in [2.75, 3.05) is 7.11 Å². The maximum atomic E-state index is 12.6. The van der Waals surface area contributed by atoms with E-state index in [1.807, 2.05) is 29.6 Å². The summed E-state index contributed by atoms with van der Waals surface area (Å²) in [5.41, 5.74) is 1.04. The number of rotatable bonds is 7. The van der Waals surface area contributed by atoms with Gasteiger partial charge >= 0.3 is 0 Å². The highest BCUT2D eigenvalue weighted by molar-refractivity contribution is 7.09. The predicted octanol–water partition coefficient (Wildman–Crippen LogP) is 4.32. The second kappa shape index (κ2) is 8.14. The maximum Gasteiger partial charge on any atom is 0.274 e. The first-order valence-corrected chi connectivity index (χ1v) is 9.26. The number of aromatic nitrogens is 2. The molecule has 3 rings (SSSR count). The summed E-state index contributed by atoms with van der Waals surface area (Å²) < 4.78 is 10.6. The van der Waals surface area contributed by atoms with Gasteiger partial charge in [-0.2, -0.15) is 0 Å². The van der Waals surface area contributed by atoms with Crippen molar-refractivity contribution in [2.45, 2.75) is 26.3 Å². The van der Waals surface area contributed by atoms with Crippen molar-refractivity contribution >= 4 is 17.2 Å². The summed E-state index contributed by atoms with van der Waals surface area (Å²) >= 11 is 1.53. The minimum Gasteiger partial charge on any atom is -0.497 e. The van der Waals surface area contributed by atoms with Crippen molar-refractivity contribution in [3.05, 3.63) is 52.6 Å². The lowest BCUT2D eigenvalue weighted by Gasteiger charge is -2.17. The van der Waals surface area contributed by atoms with Crippen LogP contribution >= 0.6 is 11.3 Å². The Morgan fingerprint density at radius 1 is 1.35 bits per heavy atom. The molecule has 0 radical (unpaired) electrons. The number of carbonyl (C=O) groups is 1. The van der Waals surface area contributed by atoms with Gasteiger partial charge in [0.25, 0.3) is 5.91 Å². The van der Waals surface area contributed by atoms with Gasteiger partial charge in [0.15, 0.2) is 11.5 Å². The number of nitrogens with one attached hydrogen (secondary N) is 1. The molecule has 1 atom stereocenters. The minimum atomic E-state index is -0.274. The molecule has 0 saturated heterocycles.